The van der Waals surface area contributed by atoms with Crippen molar-refractivity contribution in [1.82, 2.24) is 9.47 Å². The number of carbonyl (C=O) groups is 1. The quantitative estimate of drug-likeness (QED) is 0.898. The van der Waals surface area contributed by atoms with E-state index in [1.54, 1.807) is 6.07 Å². The molecule has 0 radical (unpaired) electrons. The third-order valence-electron chi connectivity index (χ3n) is 6.21. The number of rotatable bonds is 3. The number of fused-ring (bicyclic) bond motifs is 3. The minimum atomic E-state index is -1.27. The number of piperazine rings is 1. The Morgan fingerprint density at radius 2 is 1.74 bits per heavy atom. The van der Waals surface area contributed by atoms with E-state index in [4.69, 9.17) is 0 Å². The highest BCUT2D eigenvalue weighted by Gasteiger charge is 2.40. The zero-order valence-corrected chi connectivity index (χ0v) is 15.2. The lowest BCUT2D eigenvalue weighted by molar-refractivity contribution is 0.0695. The lowest BCUT2D eigenvalue weighted by Gasteiger charge is -2.41. The number of carboxylic acid groups (broad SMARTS) is 1. The van der Waals surface area contributed by atoms with Gasteiger partial charge in [-0.15, -0.1) is 0 Å². The maximum atomic E-state index is 15.1. The average molecular weight is 371 g/mol. The summed E-state index contributed by atoms with van der Waals surface area (Å²) in [6, 6.07) is 3.76. The van der Waals surface area contributed by atoms with Gasteiger partial charge in [0.2, 0.25) is 5.43 Å². The molecule has 2 saturated heterocycles. The minimum absolute atomic E-state index is 0.157. The van der Waals surface area contributed by atoms with Gasteiger partial charge in [-0.1, -0.05) is 0 Å². The minimum Gasteiger partial charge on any atom is -0.477 e. The number of likely N-dealkylation sites (tertiary alicyclic amines) is 1. The van der Waals surface area contributed by atoms with Crippen molar-refractivity contribution in [3.8, 4) is 0 Å². The number of aromatic carboxylic acids is 1. The number of carboxylic acids is 1. The van der Waals surface area contributed by atoms with Crippen molar-refractivity contribution >= 4 is 22.6 Å². The highest BCUT2D eigenvalue weighted by molar-refractivity contribution is 5.93. The average Bonchev–Trinajstić information content (AvgIpc) is 3.41. The Morgan fingerprint density at radius 1 is 1.11 bits per heavy atom. The highest BCUT2D eigenvalue weighted by Crippen LogP contribution is 2.40. The van der Waals surface area contributed by atoms with E-state index < -0.39 is 17.2 Å². The van der Waals surface area contributed by atoms with Crippen LogP contribution in [-0.2, 0) is 0 Å². The van der Waals surface area contributed by atoms with Crippen molar-refractivity contribution in [2.24, 2.45) is 0 Å². The maximum absolute atomic E-state index is 15.1. The number of anilines is 1. The molecule has 2 aromatic rings. The molecular formula is C20H22FN3O3. The third-order valence-corrected chi connectivity index (χ3v) is 6.21. The van der Waals surface area contributed by atoms with Crippen LogP contribution in [0.4, 0.5) is 10.1 Å². The van der Waals surface area contributed by atoms with Crippen molar-refractivity contribution < 1.29 is 14.3 Å². The fourth-order valence-corrected chi connectivity index (χ4v) is 4.87. The summed E-state index contributed by atoms with van der Waals surface area (Å²) in [6.45, 7) is 1.81. The first kappa shape index (κ1) is 16.7. The molecule has 7 heteroatoms. The van der Waals surface area contributed by atoms with Crippen LogP contribution in [0.1, 0.15) is 42.1 Å². The summed E-state index contributed by atoms with van der Waals surface area (Å²) in [4.78, 5) is 28.5. The molecule has 3 aliphatic rings. The molecule has 3 fully saturated rings. The van der Waals surface area contributed by atoms with Gasteiger partial charge in [-0.3, -0.25) is 4.79 Å². The van der Waals surface area contributed by atoms with Gasteiger partial charge in [0, 0.05) is 42.8 Å². The summed E-state index contributed by atoms with van der Waals surface area (Å²) in [6.07, 6.45) is 5.41. The first-order valence-corrected chi connectivity index (χ1v) is 9.52. The normalized spacial score (nSPS) is 25.3. The van der Waals surface area contributed by atoms with Crippen LogP contribution in [0, 0.1) is 5.82 Å². The predicted octanol–water partition coefficient (Wildman–Crippen LogP) is 2.46. The Hall–Kier alpha value is -2.41. The lowest BCUT2D eigenvalue weighted by Crippen LogP contribution is -2.52. The monoisotopic (exact) mass is 371 g/mol. The SMILES string of the molecule is CN1CC2CCC(C1)N2c1cc2c(cc1F)c(=O)c(C(=O)O)cn2C1CC1. The van der Waals surface area contributed by atoms with Crippen LogP contribution in [0.25, 0.3) is 10.9 Å². The van der Waals surface area contributed by atoms with E-state index in [1.165, 1.54) is 12.3 Å². The number of halogens is 1. The summed E-state index contributed by atoms with van der Waals surface area (Å²) >= 11 is 0. The van der Waals surface area contributed by atoms with Gasteiger partial charge < -0.3 is 19.5 Å². The van der Waals surface area contributed by atoms with Crippen LogP contribution in [-0.4, -0.2) is 52.8 Å². The molecule has 6 nitrogen and oxygen atoms in total. The summed E-state index contributed by atoms with van der Waals surface area (Å²) < 4.78 is 16.9. The van der Waals surface area contributed by atoms with Gasteiger partial charge in [-0.2, -0.15) is 0 Å². The number of likely N-dealkylation sites (N-methyl/N-ethyl adjacent to an activating group) is 1. The fourth-order valence-electron chi connectivity index (χ4n) is 4.87. The fraction of sp³-hybridized carbons (Fsp3) is 0.500. The van der Waals surface area contributed by atoms with Crippen LogP contribution in [0.3, 0.4) is 0 Å². The molecule has 1 saturated carbocycles. The molecule has 3 heterocycles. The standard InChI is InChI=1S/C20H22FN3O3/c1-22-8-12-4-5-13(9-22)24(12)18-7-17-14(6-16(18)21)19(25)15(20(26)27)10-23(17)11-2-3-11/h6-7,10-13H,2-5,8-9H2,1H3,(H,26,27). The number of aromatic nitrogens is 1. The highest BCUT2D eigenvalue weighted by atomic mass is 19.1. The van der Waals surface area contributed by atoms with Crippen LogP contribution in [0.2, 0.25) is 0 Å². The van der Waals surface area contributed by atoms with E-state index in [2.05, 4.69) is 16.8 Å². The molecule has 1 N–H and O–H groups in total. The van der Waals surface area contributed by atoms with Crippen molar-refractivity contribution in [3.05, 3.63) is 39.9 Å². The number of benzene rings is 1. The van der Waals surface area contributed by atoms with Gasteiger partial charge in [0.15, 0.2) is 0 Å². The van der Waals surface area contributed by atoms with Gasteiger partial charge >= 0.3 is 5.97 Å². The van der Waals surface area contributed by atoms with E-state index in [9.17, 15) is 14.7 Å². The second kappa shape index (κ2) is 5.79. The number of nitrogens with zero attached hydrogens (tertiary/aromatic N) is 3. The van der Waals surface area contributed by atoms with Crippen molar-refractivity contribution in [2.45, 2.75) is 43.8 Å². The van der Waals surface area contributed by atoms with E-state index in [0.29, 0.717) is 11.2 Å². The molecule has 1 aromatic carbocycles. The Morgan fingerprint density at radius 3 is 2.33 bits per heavy atom. The van der Waals surface area contributed by atoms with Crippen LogP contribution in [0.5, 0.6) is 0 Å². The third kappa shape index (κ3) is 2.56. The molecule has 142 valence electrons. The topological polar surface area (TPSA) is 65.8 Å². The summed E-state index contributed by atoms with van der Waals surface area (Å²) in [5, 5.41) is 9.52. The predicted molar refractivity (Wildman–Crippen MR) is 100 cm³/mol. The number of hydrogen-bond acceptors (Lipinski definition) is 4. The van der Waals surface area contributed by atoms with E-state index in [1.807, 2.05) is 4.57 Å². The molecule has 2 aliphatic heterocycles. The molecule has 2 unspecified atom stereocenters. The van der Waals surface area contributed by atoms with E-state index in [-0.39, 0.29) is 29.1 Å². The van der Waals surface area contributed by atoms with E-state index in [0.717, 1.165) is 38.8 Å². The molecule has 5 rings (SSSR count). The zero-order chi connectivity index (χ0) is 18.9. The van der Waals surface area contributed by atoms with Crippen LogP contribution >= 0.6 is 0 Å². The van der Waals surface area contributed by atoms with Gasteiger partial charge in [-0.05, 0) is 44.9 Å². The second-order valence-corrected chi connectivity index (χ2v) is 8.15. The molecule has 0 spiro atoms. The largest absolute Gasteiger partial charge is 0.477 e. The smallest absolute Gasteiger partial charge is 0.341 e. The van der Waals surface area contributed by atoms with Crippen molar-refractivity contribution in [3.63, 3.8) is 0 Å². The Labute approximate surface area is 155 Å². The maximum Gasteiger partial charge on any atom is 0.341 e. The summed E-state index contributed by atoms with van der Waals surface area (Å²) in [7, 11) is 2.09. The van der Waals surface area contributed by atoms with Gasteiger partial charge in [0.05, 0.1) is 11.2 Å². The van der Waals surface area contributed by atoms with Crippen molar-refractivity contribution in [2.75, 3.05) is 25.0 Å². The molecule has 27 heavy (non-hydrogen) atoms. The Balaban J connectivity index is 1.71. The molecule has 2 bridgehead atoms. The van der Waals surface area contributed by atoms with Crippen LogP contribution in [0.15, 0.2) is 23.1 Å². The second-order valence-electron chi connectivity index (χ2n) is 8.15. The van der Waals surface area contributed by atoms with E-state index >= 15 is 4.39 Å². The van der Waals surface area contributed by atoms with Crippen molar-refractivity contribution in [1.29, 1.82) is 0 Å². The summed E-state index contributed by atoms with van der Waals surface area (Å²) in [5.74, 6) is -1.70. The molecule has 2 atom stereocenters. The van der Waals surface area contributed by atoms with Gasteiger partial charge in [0.1, 0.15) is 11.4 Å². The molecular weight excluding hydrogens is 349 g/mol. The van der Waals surface area contributed by atoms with Crippen LogP contribution < -0.4 is 10.3 Å². The van der Waals surface area contributed by atoms with Gasteiger partial charge in [0.25, 0.3) is 0 Å². The first-order valence-electron chi connectivity index (χ1n) is 9.52. The Kier molecular flexibility index (Phi) is 3.59. The summed E-state index contributed by atoms with van der Waals surface area (Å²) in [5.41, 5.74) is 0.282. The molecule has 0 amide bonds. The zero-order valence-electron chi connectivity index (χ0n) is 15.2. The number of pyridine rings is 1. The molecule has 1 aliphatic carbocycles. The van der Waals surface area contributed by atoms with Gasteiger partial charge in [-0.25, -0.2) is 9.18 Å². The lowest BCUT2D eigenvalue weighted by atomic mass is 10.1. The first-order chi connectivity index (χ1) is 12.9. The number of hydrogen-bond donors (Lipinski definition) is 1. The Bertz CT molecular complexity index is 1000. The molecule has 1 aromatic heterocycles.